The lowest BCUT2D eigenvalue weighted by molar-refractivity contribution is 0.377. The van der Waals surface area contributed by atoms with E-state index in [9.17, 15) is 49.2 Å². The van der Waals surface area contributed by atoms with Gasteiger partial charge in [0.1, 0.15) is 29.3 Å². The number of nitriles is 3. The van der Waals surface area contributed by atoms with Gasteiger partial charge >= 0.3 is 0 Å². The smallest absolute Gasteiger partial charge is 0.211 e. The number of hydrogen-bond donors (Lipinski definition) is 0. The molecular formula is C36F18N6. The topological polar surface area (TPSA) is 100 Å². The Hall–Kier alpha value is -7.86. The van der Waals surface area contributed by atoms with Crippen LogP contribution in [0.1, 0.15) is 33.4 Å². The number of halogens is 18. The minimum atomic E-state index is -2.96. The highest BCUT2D eigenvalue weighted by Crippen LogP contribution is 2.49. The summed E-state index contributed by atoms with van der Waals surface area (Å²) in [4.78, 5) is 9.22. The summed E-state index contributed by atoms with van der Waals surface area (Å²) in [6.45, 7) is 7.60. The van der Waals surface area contributed by atoms with Gasteiger partial charge in [-0.15, -0.1) is 0 Å². The first-order chi connectivity index (χ1) is 28.2. The molecule has 0 N–H and O–H groups in total. The number of hydrogen-bond acceptors (Lipinski definition) is 5. The van der Waals surface area contributed by atoms with Crippen LogP contribution < -0.4 is 0 Å². The number of nitrogens with zero attached hydrogens (tertiary/aromatic N) is 6. The van der Waals surface area contributed by atoms with Gasteiger partial charge in [-0.3, -0.25) is 0 Å². The van der Waals surface area contributed by atoms with Gasteiger partial charge in [0.05, 0.1) is 57.2 Å². The molecule has 0 saturated carbocycles. The maximum absolute atomic E-state index is 15.5. The molecule has 6 nitrogen and oxygen atoms in total. The Morgan fingerprint density at radius 2 is 0.700 bits per heavy atom. The molecule has 0 aliphatic carbocycles. The van der Waals surface area contributed by atoms with Crippen LogP contribution in [0.4, 0.5) is 79.0 Å². The predicted molar refractivity (Wildman–Crippen MR) is 161 cm³/mol. The molecule has 24 heteroatoms. The third-order valence-corrected chi connectivity index (χ3v) is 8.46. The van der Waals surface area contributed by atoms with Crippen molar-refractivity contribution in [2.75, 3.05) is 0 Å². The van der Waals surface area contributed by atoms with E-state index < -0.39 is 183 Å². The van der Waals surface area contributed by atoms with E-state index >= 15 is 35.1 Å². The summed E-state index contributed by atoms with van der Waals surface area (Å²) < 4.78 is 270. The van der Waals surface area contributed by atoms with Crippen molar-refractivity contribution in [1.82, 2.24) is 0 Å². The largest absolute Gasteiger partial charge is 0.246 e. The van der Waals surface area contributed by atoms with Crippen molar-refractivity contribution < 1.29 is 79.0 Å². The molecule has 0 aromatic heterocycles. The minimum Gasteiger partial charge on any atom is -0.246 e. The van der Waals surface area contributed by atoms with Crippen molar-refractivity contribution in [1.29, 1.82) is 15.8 Å². The first kappa shape index (κ1) is 41.8. The normalized spacial score (nSPS) is 15.0. The lowest BCUT2D eigenvalue weighted by atomic mass is 9.90. The molecule has 2 aliphatic heterocycles. The molecule has 2 aliphatic rings. The van der Waals surface area contributed by atoms with Gasteiger partial charge in [-0.25, -0.2) is 93.9 Å². The van der Waals surface area contributed by atoms with Gasteiger partial charge in [-0.2, -0.15) is 15.8 Å². The molecule has 0 saturated heterocycles. The Bertz CT molecular complexity index is 2790. The maximum Gasteiger partial charge on any atom is 0.211 e. The van der Waals surface area contributed by atoms with Crippen molar-refractivity contribution in [2.24, 2.45) is 9.98 Å². The number of benzene rings is 4. The van der Waals surface area contributed by atoms with Crippen molar-refractivity contribution in [3.8, 4) is 18.2 Å². The fourth-order valence-corrected chi connectivity index (χ4v) is 5.82. The predicted octanol–water partition coefficient (Wildman–Crippen LogP) is 9.76. The van der Waals surface area contributed by atoms with Gasteiger partial charge in [-0.05, 0) is 0 Å². The molecule has 0 bridgehead atoms. The number of aliphatic imine (C=N–C) groups is 2. The second kappa shape index (κ2) is 14.5. The number of rotatable bonds is 4. The third-order valence-electron chi connectivity index (χ3n) is 8.46. The Morgan fingerprint density at radius 3 is 1.02 bits per heavy atom. The average molecular weight is 858 g/mol. The van der Waals surface area contributed by atoms with E-state index in [4.69, 9.17) is 17.1 Å². The van der Waals surface area contributed by atoms with Gasteiger partial charge in [0, 0.05) is 11.1 Å². The Kier molecular flexibility index (Phi) is 10.1. The Labute approximate surface area is 317 Å². The van der Waals surface area contributed by atoms with E-state index in [0.29, 0.717) is 12.1 Å². The summed E-state index contributed by atoms with van der Waals surface area (Å²) in [7, 11) is 0. The van der Waals surface area contributed by atoms with Gasteiger partial charge in [0.2, 0.25) is 17.3 Å². The van der Waals surface area contributed by atoms with Gasteiger partial charge in [-0.1, -0.05) is 0 Å². The van der Waals surface area contributed by atoms with Crippen molar-refractivity contribution in [2.45, 2.75) is 0 Å². The number of allylic oxidation sites excluding steroid dienone is 3. The second-order valence-electron chi connectivity index (χ2n) is 11.4. The van der Waals surface area contributed by atoms with Crippen LogP contribution in [0.5, 0.6) is 0 Å². The summed E-state index contributed by atoms with van der Waals surface area (Å²) in [5, 5.41) is 28.1. The molecular weight excluding hydrogens is 858 g/mol. The first-order valence-electron chi connectivity index (χ1n) is 14.9. The molecule has 60 heavy (non-hydrogen) atoms. The molecule has 0 radical (unpaired) electrons. The Balaban J connectivity index is 1.94. The molecule has 300 valence electrons. The first-order valence-corrected chi connectivity index (χ1v) is 14.9. The fourth-order valence-electron chi connectivity index (χ4n) is 5.82. The van der Waals surface area contributed by atoms with Crippen molar-refractivity contribution in [3.05, 3.63) is 172 Å². The standard InChI is InChI=1S/C36F18N6/c1-58-32(10-20(43)16(39)7(4-57)17(40)21(10)44)13-34(12-24(47)28(51)31(54)29(52)25(12)48)60-35-9(5(2-55)8-18(41)14(37)6(3-56)15(38)19(8)42)33(59-36(13)35)11-22(45)26(49)30(53)27(50)23(11)46/b9-5-,32-13+. The van der Waals surface area contributed by atoms with Crippen LogP contribution >= 0.6 is 0 Å². The zero-order chi connectivity index (χ0) is 44.7. The van der Waals surface area contributed by atoms with Crippen molar-refractivity contribution in [3.63, 3.8) is 0 Å². The lowest BCUT2D eigenvalue weighted by Crippen LogP contribution is -2.18. The maximum atomic E-state index is 15.5. The molecule has 0 unspecified atom stereocenters. The summed E-state index contributed by atoms with van der Waals surface area (Å²) in [6, 6.07) is 2.19. The van der Waals surface area contributed by atoms with E-state index in [1.807, 2.05) is 0 Å². The quantitative estimate of drug-likeness (QED) is 0.0672. The highest BCUT2D eigenvalue weighted by atomic mass is 19.2. The monoisotopic (exact) mass is 858 g/mol. The summed E-state index contributed by atoms with van der Waals surface area (Å²) in [5.74, 6) is -50.8. The highest BCUT2D eigenvalue weighted by Gasteiger charge is 2.45. The summed E-state index contributed by atoms with van der Waals surface area (Å²) >= 11 is 0. The zero-order valence-corrected chi connectivity index (χ0v) is 27.5. The van der Waals surface area contributed by atoms with Crippen LogP contribution in [0.25, 0.3) is 16.1 Å². The van der Waals surface area contributed by atoms with Crippen LogP contribution in [0.2, 0.25) is 0 Å². The fraction of sp³-hybridized carbons (Fsp3) is 0. The summed E-state index contributed by atoms with van der Waals surface area (Å²) in [5.41, 5.74) is -29.4. The van der Waals surface area contributed by atoms with E-state index in [0.717, 1.165) is 6.07 Å². The second-order valence-corrected chi connectivity index (χ2v) is 11.4. The molecule has 0 amide bonds. The van der Waals surface area contributed by atoms with Gasteiger partial charge in [0.25, 0.3) is 0 Å². The molecule has 4 aromatic rings. The zero-order valence-electron chi connectivity index (χ0n) is 27.5. The van der Waals surface area contributed by atoms with Crippen molar-refractivity contribution >= 4 is 22.7 Å². The van der Waals surface area contributed by atoms with Crippen LogP contribution in [0.3, 0.4) is 0 Å². The molecule has 2 heterocycles. The molecule has 4 aromatic carbocycles. The third kappa shape index (κ3) is 5.52. The van der Waals surface area contributed by atoms with Crippen LogP contribution in [-0.2, 0) is 0 Å². The average Bonchev–Trinajstić information content (AvgIpc) is 3.76. The Morgan fingerprint density at radius 1 is 0.400 bits per heavy atom. The minimum absolute atomic E-state index is 0.688. The van der Waals surface area contributed by atoms with E-state index in [1.165, 1.54) is 0 Å². The van der Waals surface area contributed by atoms with E-state index in [-0.39, 0.29) is 0 Å². The lowest BCUT2D eigenvalue weighted by Gasteiger charge is -2.16. The van der Waals surface area contributed by atoms with Crippen LogP contribution in [0, 0.1) is 145 Å². The van der Waals surface area contributed by atoms with Gasteiger partial charge < -0.3 is 0 Å². The summed E-state index contributed by atoms with van der Waals surface area (Å²) in [6.07, 6.45) is 0. The van der Waals surface area contributed by atoms with Gasteiger partial charge in [0.15, 0.2) is 93.1 Å². The highest BCUT2D eigenvalue weighted by molar-refractivity contribution is 6.30. The van der Waals surface area contributed by atoms with E-state index in [1.54, 1.807) is 0 Å². The molecule has 0 fully saturated rings. The van der Waals surface area contributed by atoms with Crippen LogP contribution in [0.15, 0.2) is 32.5 Å². The SMILES string of the molecule is [C-]#[N+]/C(=C1\C(c2c(F)c(F)c(F)c(F)c2F)=NC2=C1N=C(c1c(F)c(F)c(F)c(F)c1F)/C2=C(\C#N)c1c(F)c(F)c(C#N)c(F)c1F)c1c(F)c(F)c(C#N)c(F)c1F. The molecule has 0 spiro atoms. The van der Waals surface area contributed by atoms with E-state index in [2.05, 4.69) is 14.8 Å². The molecule has 0 atom stereocenters. The molecule has 6 rings (SSSR count). The van der Waals surface area contributed by atoms with Crippen LogP contribution in [-0.4, -0.2) is 11.4 Å².